The van der Waals surface area contributed by atoms with Gasteiger partial charge in [-0.15, -0.1) is 0 Å². The number of likely N-dealkylation sites (tertiary alicyclic amines) is 1. The molecule has 1 aliphatic carbocycles. The molecule has 3 rings (SSSR count). The van der Waals surface area contributed by atoms with Crippen molar-refractivity contribution in [1.82, 2.24) is 4.90 Å². The molecule has 1 saturated heterocycles. The first-order valence-corrected chi connectivity index (χ1v) is 8.76. The second kappa shape index (κ2) is 6.82. The minimum absolute atomic E-state index is 0.245. The lowest BCUT2D eigenvalue weighted by atomic mass is 9.80. The van der Waals surface area contributed by atoms with Crippen molar-refractivity contribution in [3.8, 4) is 0 Å². The first kappa shape index (κ1) is 15.5. The Morgan fingerprint density at radius 1 is 1.32 bits per heavy atom. The third-order valence-corrected chi connectivity index (χ3v) is 5.49. The van der Waals surface area contributed by atoms with Gasteiger partial charge in [-0.2, -0.15) is 0 Å². The maximum Gasteiger partial charge on any atom is 0.223 e. The van der Waals surface area contributed by atoms with Crippen LogP contribution in [0.1, 0.15) is 56.1 Å². The van der Waals surface area contributed by atoms with Gasteiger partial charge in [0.15, 0.2) is 0 Å². The lowest BCUT2D eigenvalue weighted by Gasteiger charge is -2.39. The zero-order chi connectivity index (χ0) is 15.5. The number of benzene rings is 1. The van der Waals surface area contributed by atoms with Crippen LogP contribution in [0, 0.1) is 5.92 Å². The average Bonchev–Trinajstić information content (AvgIpc) is 2.55. The monoisotopic (exact) mass is 300 g/mol. The van der Waals surface area contributed by atoms with E-state index < -0.39 is 0 Å². The molecule has 1 aromatic carbocycles. The number of carbonyl (C=O) groups excluding carboxylic acids is 1. The van der Waals surface area contributed by atoms with E-state index >= 15 is 0 Å². The standard InChI is InChI=1S/C19H28N2O/c1-14-9-10-21(17(11-14)13-20)19(22)12-16-7-4-6-15-5-2-3-8-18(15)16/h2-3,5,8,14,16-17H,4,6-7,9-13,20H2,1H3. The van der Waals surface area contributed by atoms with Crippen molar-refractivity contribution >= 4 is 5.91 Å². The van der Waals surface area contributed by atoms with Crippen LogP contribution in [-0.4, -0.2) is 29.9 Å². The lowest BCUT2D eigenvalue weighted by Crippen LogP contribution is -2.49. The Balaban J connectivity index is 1.69. The molecule has 22 heavy (non-hydrogen) atoms. The third kappa shape index (κ3) is 3.19. The maximum atomic E-state index is 12.8. The first-order chi connectivity index (χ1) is 10.7. The van der Waals surface area contributed by atoms with E-state index in [4.69, 9.17) is 5.73 Å². The molecular weight excluding hydrogens is 272 g/mol. The number of aryl methyl sites for hydroxylation is 1. The van der Waals surface area contributed by atoms with E-state index in [0.717, 1.165) is 32.2 Å². The third-order valence-electron chi connectivity index (χ3n) is 5.49. The Kier molecular flexibility index (Phi) is 4.82. The smallest absolute Gasteiger partial charge is 0.223 e. The summed E-state index contributed by atoms with van der Waals surface area (Å²) in [4.78, 5) is 14.9. The number of amides is 1. The number of fused-ring (bicyclic) bond motifs is 1. The largest absolute Gasteiger partial charge is 0.338 e. The van der Waals surface area contributed by atoms with Gasteiger partial charge in [0.2, 0.25) is 5.91 Å². The summed E-state index contributed by atoms with van der Waals surface area (Å²) in [5, 5.41) is 0. The van der Waals surface area contributed by atoms with Gasteiger partial charge in [0.25, 0.3) is 0 Å². The zero-order valence-corrected chi connectivity index (χ0v) is 13.6. The summed E-state index contributed by atoms with van der Waals surface area (Å²) in [6.45, 7) is 3.75. The van der Waals surface area contributed by atoms with Crippen molar-refractivity contribution < 1.29 is 4.79 Å². The van der Waals surface area contributed by atoms with Gasteiger partial charge in [-0.3, -0.25) is 4.79 Å². The minimum atomic E-state index is 0.245. The fourth-order valence-corrected chi connectivity index (χ4v) is 4.20. The minimum Gasteiger partial charge on any atom is -0.338 e. The van der Waals surface area contributed by atoms with Gasteiger partial charge in [0.05, 0.1) is 0 Å². The van der Waals surface area contributed by atoms with E-state index in [1.807, 2.05) is 0 Å². The van der Waals surface area contributed by atoms with Crippen LogP contribution in [0.3, 0.4) is 0 Å². The van der Waals surface area contributed by atoms with Crippen LogP contribution in [0.5, 0.6) is 0 Å². The molecule has 1 amide bonds. The number of piperidine rings is 1. The maximum absolute atomic E-state index is 12.8. The van der Waals surface area contributed by atoms with E-state index in [1.165, 1.54) is 17.5 Å². The van der Waals surface area contributed by atoms with Gasteiger partial charge < -0.3 is 10.6 Å². The van der Waals surface area contributed by atoms with E-state index in [9.17, 15) is 4.79 Å². The molecule has 2 aliphatic rings. The Hall–Kier alpha value is -1.35. The lowest BCUT2D eigenvalue weighted by molar-refractivity contribution is -0.135. The molecule has 1 aromatic rings. The van der Waals surface area contributed by atoms with Crippen LogP contribution < -0.4 is 5.73 Å². The van der Waals surface area contributed by atoms with Crippen LogP contribution in [0.4, 0.5) is 0 Å². The predicted octanol–water partition coefficient (Wildman–Crippen LogP) is 3.08. The van der Waals surface area contributed by atoms with Gasteiger partial charge in [0, 0.05) is 25.6 Å². The van der Waals surface area contributed by atoms with Crippen LogP contribution in [0.2, 0.25) is 0 Å². The highest BCUT2D eigenvalue weighted by molar-refractivity contribution is 5.77. The molecule has 2 N–H and O–H groups in total. The van der Waals surface area contributed by atoms with Gasteiger partial charge in [0.1, 0.15) is 0 Å². The fraction of sp³-hybridized carbons (Fsp3) is 0.632. The van der Waals surface area contributed by atoms with Gasteiger partial charge in [-0.05, 0) is 55.1 Å². The summed E-state index contributed by atoms with van der Waals surface area (Å²) in [5.41, 5.74) is 8.75. The highest BCUT2D eigenvalue weighted by Gasteiger charge is 2.31. The number of hydrogen-bond acceptors (Lipinski definition) is 2. The molecule has 3 nitrogen and oxygen atoms in total. The molecule has 0 aromatic heterocycles. The zero-order valence-electron chi connectivity index (χ0n) is 13.6. The van der Waals surface area contributed by atoms with E-state index in [-0.39, 0.29) is 6.04 Å². The Labute approximate surface area is 133 Å². The first-order valence-electron chi connectivity index (χ1n) is 8.76. The molecule has 1 heterocycles. The summed E-state index contributed by atoms with van der Waals surface area (Å²) < 4.78 is 0. The molecule has 0 radical (unpaired) electrons. The van der Waals surface area contributed by atoms with Crippen molar-refractivity contribution in [2.75, 3.05) is 13.1 Å². The van der Waals surface area contributed by atoms with Gasteiger partial charge >= 0.3 is 0 Å². The average molecular weight is 300 g/mol. The van der Waals surface area contributed by atoms with E-state index in [1.54, 1.807) is 0 Å². The highest BCUT2D eigenvalue weighted by Crippen LogP contribution is 2.35. The normalized spacial score (nSPS) is 28.3. The Morgan fingerprint density at radius 3 is 2.95 bits per heavy atom. The molecule has 120 valence electrons. The summed E-state index contributed by atoms with van der Waals surface area (Å²) in [7, 11) is 0. The molecule has 1 fully saturated rings. The summed E-state index contributed by atoms with van der Waals surface area (Å²) >= 11 is 0. The van der Waals surface area contributed by atoms with Crippen LogP contribution in [0.25, 0.3) is 0 Å². The fourth-order valence-electron chi connectivity index (χ4n) is 4.20. The molecule has 3 heteroatoms. The number of nitrogens with two attached hydrogens (primary N) is 1. The summed E-state index contributed by atoms with van der Waals surface area (Å²) in [6, 6.07) is 8.89. The van der Waals surface area contributed by atoms with E-state index in [0.29, 0.717) is 30.7 Å². The molecule has 0 spiro atoms. The topological polar surface area (TPSA) is 46.3 Å². The van der Waals surface area contributed by atoms with Crippen LogP contribution >= 0.6 is 0 Å². The van der Waals surface area contributed by atoms with Crippen molar-refractivity contribution in [2.45, 2.75) is 57.4 Å². The van der Waals surface area contributed by atoms with Crippen molar-refractivity contribution in [3.05, 3.63) is 35.4 Å². The number of rotatable bonds is 3. The van der Waals surface area contributed by atoms with Crippen molar-refractivity contribution in [3.63, 3.8) is 0 Å². The number of carbonyl (C=O) groups is 1. The number of hydrogen-bond donors (Lipinski definition) is 1. The summed E-state index contributed by atoms with van der Waals surface area (Å²) in [5.74, 6) is 1.40. The van der Waals surface area contributed by atoms with E-state index in [2.05, 4.69) is 36.1 Å². The second-order valence-electron chi connectivity index (χ2n) is 7.10. The molecule has 0 bridgehead atoms. The summed E-state index contributed by atoms with van der Waals surface area (Å²) in [6.07, 6.45) is 6.33. The predicted molar refractivity (Wildman–Crippen MR) is 89.7 cm³/mol. The molecule has 1 aliphatic heterocycles. The Morgan fingerprint density at radius 2 is 2.14 bits per heavy atom. The van der Waals surface area contributed by atoms with Crippen LogP contribution in [0.15, 0.2) is 24.3 Å². The van der Waals surface area contributed by atoms with Gasteiger partial charge in [-0.25, -0.2) is 0 Å². The second-order valence-corrected chi connectivity index (χ2v) is 7.10. The molecule has 0 saturated carbocycles. The Bertz CT molecular complexity index is 528. The number of nitrogens with zero attached hydrogens (tertiary/aromatic N) is 1. The molecule has 3 unspecified atom stereocenters. The van der Waals surface area contributed by atoms with Crippen molar-refractivity contribution in [2.24, 2.45) is 11.7 Å². The van der Waals surface area contributed by atoms with Crippen LogP contribution in [-0.2, 0) is 11.2 Å². The highest BCUT2D eigenvalue weighted by atomic mass is 16.2. The van der Waals surface area contributed by atoms with Gasteiger partial charge in [-0.1, -0.05) is 31.2 Å². The SMILES string of the molecule is CC1CCN(C(=O)CC2CCCc3ccccc32)C(CN)C1. The molecular formula is C19H28N2O. The quantitative estimate of drug-likeness (QED) is 0.932. The molecule has 3 atom stereocenters. The van der Waals surface area contributed by atoms with Crippen molar-refractivity contribution in [1.29, 1.82) is 0 Å².